The van der Waals surface area contributed by atoms with Crippen molar-refractivity contribution in [2.45, 2.75) is 98.6 Å². The first-order valence-electron chi connectivity index (χ1n) is 14.4. The van der Waals surface area contributed by atoms with E-state index in [2.05, 4.69) is 86.4 Å². The van der Waals surface area contributed by atoms with Gasteiger partial charge in [0.05, 0.1) is 6.61 Å². The van der Waals surface area contributed by atoms with Crippen LogP contribution in [0.4, 0.5) is 0 Å². The van der Waals surface area contributed by atoms with Crippen LogP contribution in [0.1, 0.15) is 91.2 Å². The van der Waals surface area contributed by atoms with Crippen molar-refractivity contribution in [3.8, 4) is 5.75 Å². The molecule has 0 aromatic heterocycles. The summed E-state index contributed by atoms with van der Waals surface area (Å²) in [5, 5.41) is 3.38. The number of nitrogens with zero attached hydrogens (tertiary/aromatic N) is 2. The van der Waals surface area contributed by atoms with E-state index in [1.54, 1.807) is 0 Å². The Morgan fingerprint density at radius 3 is 2.50 bits per heavy atom. The van der Waals surface area contributed by atoms with Crippen LogP contribution >= 0.6 is 0 Å². The zero-order chi connectivity index (χ0) is 28.2. The van der Waals surface area contributed by atoms with Gasteiger partial charge in [-0.05, 0) is 107 Å². The molecule has 5 nitrogen and oxygen atoms in total. The van der Waals surface area contributed by atoms with Crippen molar-refractivity contribution in [1.82, 2.24) is 10.2 Å². The summed E-state index contributed by atoms with van der Waals surface area (Å²) >= 11 is 0. The van der Waals surface area contributed by atoms with E-state index in [1.807, 2.05) is 13.8 Å². The summed E-state index contributed by atoms with van der Waals surface area (Å²) in [5.74, 6) is 1.96. The number of fused-ring (bicyclic) bond motifs is 1. The normalized spacial score (nSPS) is 15.6. The van der Waals surface area contributed by atoms with Gasteiger partial charge in [-0.1, -0.05) is 38.1 Å². The molecule has 0 fully saturated rings. The molecule has 212 valence electrons. The van der Waals surface area contributed by atoms with Crippen molar-refractivity contribution in [3.05, 3.63) is 65.9 Å². The molecule has 0 saturated heterocycles. The Kier molecular flexibility index (Phi) is 12.6. The summed E-state index contributed by atoms with van der Waals surface area (Å²) in [4.78, 5) is 6.95. The van der Waals surface area contributed by atoms with E-state index in [0.717, 1.165) is 82.7 Å². The van der Waals surface area contributed by atoms with Crippen LogP contribution in [0, 0.1) is 5.41 Å². The van der Waals surface area contributed by atoms with Crippen LogP contribution in [0.5, 0.6) is 5.75 Å². The minimum absolute atomic E-state index is 0.101. The van der Waals surface area contributed by atoms with E-state index in [9.17, 15) is 0 Å². The van der Waals surface area contributed by atoms with Crippen molar-refractivity contribution >= 4 is 5.84 Å². The fourth-order valence-electron chi connectivity index (χ4n) is 4.40. The van der Waals surface area contributed by atoms with E-state index in [4.69, 9.17) is 10.5 Å². The lowest BCUT2D eigenvalue weighted by atomic mass is 9.80. The second-order valence-electron chi connectivity index (χ2n) is 12.6. The Labute approximate surface area is 233 Å². The summed E-state index contributed by atoms with van der Waals surface area (Å²) in [5.41, 5.74) is 11.6. The molecule has 0 spiro atoms. The summed E-state index contributed by atoms with van der Waals surface area (Å²) in [6.45, 7) is 25.3. The van der Waals surface area contributed by atoms with Gasteiger partial charge in [0.1, 0.15) is 11.6 Å². The van der Waals surface area contributed by atoms with Gasteiger partial charge in [0.25, 0.3) is 0 Å². The first-order chi connectivity index (χ1) is 17.8. The fourth-order valence-corrected chi connectivity index (χ4v) is 4.40. The molecular formula is C33H54N4O. The molecule has 0 saturated carbocycles. The van der Waals surface area contributed by atoms with Crippen molar-refractivity contribution in [1.29, 1.82) is 0 Å². The summed E-state index contributed by atoms with van der Waals surface area (Å²) in [6, 6.07) is 6.61. The molecule has 1 aromatic carbocycles. The fraction of sp³-hybridized carbons (Fsp3) is 0.606. The highest BCUT2D eigenvalue weighted by molar-refractivity contribution is 5.93. The lowest BCUT2D eigenvalue weighted by molar-refractivity contribution is 0.219. The number of allylic oxidation sites excluding steroid dienone is 2. The number of hydrogen-bond donors (Lipinski definition) is 2. The minimum atomic E-state index is -0.101. The van der Waals surface area contributed by atoms with Crippen LogP contribution in [0.15, 0.2) is 59.8 Å². The third-order valence-corrected chi connectivity index (χ3v) is 6.92. The predicted octanol–water partition coefficient (Wildman–Crippen LogP) is 7.18. The van der Waals surface area contributed by atoms with E-state index in [-0.39, 0.29) is 11.0 Å². The van der Waals surface area contributed by atoms with Crippen molar-refractivity contribution in [2.75, 3.05) is 26.2 Å². The van der Waals surface area contributed by atoms with Crippen LogP contribution in [0.3, 0.4) is 0 Å². The lowest BCUT2D eigenvalue weighted by Gasteiger charge is -2.33. The molecule has 0 bridgehead atoms. The summed E-state index contributed by atoms with van der Waals surface area (Å²) in [6.07, 6.45) is 11.6. The molecule has 38 heavy (non-hydrogen) atoms. The lowest BCUT2D eigenvalue weighted by Crippen LogP contribution is -2.34. The van der Waals surface area contributed by atoms with Gasteiger partial charge in [0.15, 0.2) is 0 Å². The number of nitrogens with one attached hydrogen (secondary N) is 1. The number of amidine groups is 1. The number of benzene rings is 1. The molecule has 2 heterocycles. The molecule has 0 amide bonds. The Morgan fingerprint density at radius 1 is 1.11 bits per heavy atom. The molecule has 0 atom stereocenters. The van der Waals surface area contributed by atoms with Gasteiger partial charge in [0, 0.05) is 37.4 Å². The Morgan fingerprint density at radius 2 is 1.84 bits per heavy atom. The SMILES string of the molecule is C=C(C)C.C=C1CCc2ccc(OCCCNC3=NCCC=C3)cc2CN1CCC(C)(C)CCC(C)(C)N. The van der Waals surface area contributed by atoms with Gasteiger partial charge in [-0.2, -0.15) is 0 Å². The van der Waals surface area contributed by atoms with Crippen molar-refractivity contribution < 1.29 is 4.74 Å². The maximum absolute atomic E-state index is 6.23. The van der Waals surface area contributed by atoms with E-state index >= 15 is 0 Å². The van der Waals surface area contributed by atoms with Gasteiger partial charge in [0.2, 0.25) is 0 Å². The Balaban J connectivity index is 0.00000118. The highest BCUT2D eigenvalue weighted by Gasteiger charge is 2.24. The first kappa shape index (κ1) is 31.7. The molecule has 2 aliphatic heterocycles. The standard InChI is InChI=1S/C29H46N4O.C4H8/c1-23-10-11-24-12-13-26(34-20-8-18-32-27-9-6-7-17-31-27)21-25(24)22-33(23)19-16-28(2,3)14-15-29(4,5)30;1-4(2)3/h6,9,12-13,21H,1,7-8,10-11,14-20,22,30H2,2-5H3,(H,31,32);1H2,2-3H3. The van der Waals surface area contributed by atoms with E-state index in [1.165, 1.54) is 22.4 Å². The zero-order valence-electron chi connectivity index (χ0n) is 25.2. The molecule has 0 unspecified atom stereocenters. The molecule has 1 aromatic rings. The Bertz CT molecular complexity index is 964. The average Bonchev–Trinajstić information content (AvgIpc) is 2.99. The highest BCUT2D eigenvalue weighted by Crippen LogP contribution is 2.32. The van der Waals surface area contributed by atoms with Crippen molar-refractivity contribution in [2.24, 2.45) is 16.1 Å². The van der Waals surface area contributed by atoms with Crippen LogP contribution < -0.4 is 15.8 Å². The molecule has 0 aliphatic carbocycles. The maximum atomic E-state index is 6.23. The van der Waals surface area contributed by atoms with Gasteiger partial charge in [-0.25, -0.2) is 0 Å². The average molecular weight is 523 g/mol. The van der Waals surface area contributed by atoms with Crippen LogP contribution in [-0.4, -0.2) is 42.5 Å². The summed E-state index contributed by atoms with van der Waals surface area (Å²) < 4.78 is 6.09. The largest absolute Gasteiger partial charge is 0.494 e. The second-order valence-corrected chi connectivity index (χ2v) is 12.6. The third kappa shape index (κ3) is 12.8. The van der Waals surface area contributed by atoms with Crippen LogP contribution in [0.2, 0.25) is 0 Å². The van der Waals surface area contributed by atoms with Crippen LogP contribution in [-0.2, 0) is 13.0 Å². The number of aryl methyl sites for hydroxylation is 1. The molecule has 2 aliphatic rings. The quantitative estimate of drug-likeness (QED) is 0.239. The number of aliphatic imine (C=N–C) groups is 1. The number of nitrogens with two attached hydrogens (primary N) is 1. The third-order valence-electron chi connectivity index (χ3n) is 6.92. The topological polar surface area (TPSA) is 62.9 Å². The number of ether oxygens (including phenoxy) is 1. The predicted molar refractivity (Wildman–Crippen MR) is 165 cm³/mol. The molecule has 0 radical (unpaired) electrons. The molecule has 3 N–H and O–H groups in total. The highest BCUT2D eigenvalue weighted by atomic mass is 16.5. The second kappa shape index (κ2) is 15.2. The molecular weight excluding hydrogens is 468 g/mol. The van der Waals surface area contributed by atoms with E-state index in [0.29, 0.717) is 6.61 Å². The Hall–Kier alpha value is -2.53. The molecule has 5 heteroatoms. The van der Waals surface area contributed by atoms with Crippen LogP contribution in [0.25, 0.3) is 0 Å². The number of rotatable bonds is 11. The van der Waals surface area contributed by atoms with Gasteiger partial charge < -0.3 is 20.7 Å². The molecule has 3 rings (SSSR count). The minimum Gasteiger partial charge on any atom is -0.494 e. The van der Waals surface area contributed by atoms with E-state index < -0.39 is 0 Å². The summed E-state index contributed by atoms with van der Waals surface area (Å²) in [7, 11) is 0. The smallest absolute Gasteiger partial charge is 0.120 e. The van der Waals surface area contributed by atoms with Gasteiger partial charge in [-0.15, -0.1) is 6.58 Å². The van der Waals surface area contributed by atoms with Gasteiger partial charge >= 0.3 is 0 Å². The number of hydrogen-bond acceptors (Lipinski definition) is 5. The first-order valence-corrected chi connectivity index (χ1v) is 14.4. The maximum Gasteiger partial charge on any atom is 0.120 e. The van der Waals surface area contributed by atoms with Crippen molar-refractivity contribution in [3.63, 3.8) is 0 Å². The zero-order valence-corrected chi connectivity index (χ0v) is 25.2. The number of dihydropyridines is 1. The van der Waals surface area contributed by atoms with Gasteiger partial charge in [-0.3, -0.25) is 4.99 Å². The monoisotopic (exact) mass is 522 g/mol.